The second-order valence-electron chi connectivity index (χ2n) is 3.89. The first kappa shape index (κ1) is 12.7. The minimum absolute atomic E-state index is 0.0982. The molecule has 0 aliphatic carbocycles. The van der Waals surface area contributed by atoms with E-state index >= 15 is 0 Å². The molecule has 0 aromatic rings. The van der Waals surface area contributed by atoms with Crippen LogP contribution in [0.25, 0.3) is 0 Å². The molecule has 3 N–H and O–H groups in total. The van der Waals surface area contributed by atoms with Gasteiger partial charge in [-0.25, -0.2) is 4.79 Å². The van der Waals surface area contributed by atoms with Gasteiger partial charge in [0.25, 0.3) is 0 Å². The molecule has 0 atom stereocenters. The van der Waals surface area contributed by atoms with Crippen LogP contribution in [0.1, 0.15) is 34.1 Å². The van der Waals surface area contributed by atoms with Crippen molar-refractivity contribution in [1.82, 2.24) is 5.32 Å². The Morgan fingerprint density at radius 3 is 2.50 bits per heavy atom. The maximum atomic E-state index is 11.1. The van der Waals surface area contributed by atoms with Crippen molar-refractivity contribution in [1.29, 1.82) is 0 Å². The van der Waals surface area contributed by atoms with E-state index in [0.717, 1.165) is 6.42 Å². The maximum absolute atomic E-state index is 11.1. The van der Waals surface area contributed by atoms with Gasteiger partial charge in [-0.15, -0.1) is 0 Å². The van der Waals surface area contributed by atoms with Crippen molar-refractivity contribution in [3.63, 3.8) is 0 Å². The molecule has 0 saturated carbocycles. The minimum atomic E-state index is -0.574. The lowest BCUT2D eigenvalue weighted by atomic mass is 10.2. The van der Waals surface area contributed by atoms with Gasteiger partial charge in [-0.1, -0.05) is 6.92 Å². The van der Waals surface area contributed by atoms with Gasteiger partial charge in [-0.05, 0) is 27.2 Å². The highest BCUT2D eigenvalue weighted by atomic mass is 16.6. The summed E-state index contributed by atoms with van der Waals surface area (Å²) in [6.45, 7) is 7.93. The Labute approximate surface area is 84.7 Å². The van der Waals surface area contributed by atoms with Gasteiger partial charge < -0.3 is 10.5 Å². The van der Waals surface area contributed by atoms with Crippen LogP contribution in [0, 0.1) is 0 Å². The minimum Gasteiger partial charge on any atom is -0.444 e. The van der Waals surface area contributed by atoms with Gasteiger partial charge in [0.2, 0.25) is 0 Å². The van der Waals surface area contributed by atoms with E-state index in [2.05, 4.69) is 10.3 Å². The number of aliphatic imine (C=N–C) groups is 1. The SMILES string of the molecule is CCCN=C(N)NC(=O)OC(C)(C)C. The number of rotatable bonds is 2. The number of carbonyl (C=O) groups excluding carboxylic acids is 1. The highest BCUT2D eigenvalue weighted by molar-refractivity contribution is 5.92. The molecule has 14 heavy (non-hydrogen) atoms. The lowest BCUT2D eigenvalue weighted by Crippen LogP contribution is -2.40. The summed E-state index contributed by atoms with van der Waals surface area (Å²) in [7, 11) is 0. The number of hydrogen-bond acceptors (Lipinski definition) is 3. The molecule has 0 aliphatic rings. The smallest absolute Gasteiger partial charge is 0.414 e. The third kappa shape index (κ3) is 7.39. The van der Waals surface area contributed by atoms with Gasteiger partial charge in [0.05, 0.1) is 0 Å². The van der Waals surface area contributed by atoms with Crippen LogP contribution < -0.4 is 11.1 Å². The molecular weight excluding hydrogens is 182 g/mol. The van der Waals surface area contributed by atoms with E-state index in [4.69, 9.17) is 10.5 Å². The van der Waals surface area contributed by atoms with Gasteiger partial charge in [0.1, 0.15) is 5.60 Å². The number of ether oxygens (including phenoxy) is 1. The number of hydrogen-bond donors (Lipinski definition) is 2. The fraction of sp³-hybridized carbons (Fsp3) is 0.778. The van der Waals surface area contributed by atoms with Gasteiger partial charge in [0, 0.05) is 6.54 Å². The van der Waals surface area contributed by atoms with Crippen molar-refractivity contribution in [2.24, 2.45) is 10.7 Å². The fourth-order valence-electron chi connectivity index (χ4n) is 0.680. The summed E-state index contributed by atoms with van der Waals surface area (Å²) >= 11 is 0. The Morgan fingerprint density at radius 2 is 2.07 bits per heavy atom. The molecule has 0 aromatic heterocycles. The predicted molar refractivity (Wildman–Crippen MR) is 56.2 cm³/mol. The lowest BCUT2D eigenvalue weighted by Gasteiger charge is -2.19. The number of nitrogens with zero attached hydrogens (tertiary/aromatic N) is 1. The summed E-state index contributed by atoms with van der Waals surface area (Å²) in [4.78, 5) is 15.0. The zero-order valence-electron chi connectivity index (χ0n) is 9.26. The van der Waals surface area contributed by atoms with Crippen molar-refractivity contribution in [3.8, 4) is 0 Å². The van der Waals surface area contributed by atoms with Gasteiger partial charge in [-0.3, -0.25) is 10.3 Å². The molecule has 0 heterocycles. The highest BCUT2D eigenvalue weighted by Crippen LogP contribution is 2.05. The number of nitrogens with two attached hydrogens (primary N) is 1. The summed E-state index contributed by atoms with van der Waals surface area (Å²) in [6, 6.07) is 0. The Morgan fingerprint density at radius 1 is 1.50 bits per heavy atom. The van der Waals surface area contributed by atoms with E-state index in [1.165, 1.54) is 0 Å². The topological polar surface area (TPSA) is 76.7 Å². The molecule has 0 spiro atoms. The standard InChI is InChI=1S/C9H19N3O2/c1-5-6-11-7(10)12-8(13)14-9(2,3)4/h5-6H2,1-4H3,(H3,10,11,12,13). The van der Waals surface area contributed by atoms with Crippen LogP contribution in [0.4, 0.5) is 4.79 Å². The second-order valence-corrected chi connectivity index (χ2v) is 3.89. The summed E-state index contributed by atoms with van der Waals surface area (Å²) in [5, 5.41) is 2.34. The Balaban J connectivity index is 3.95. The third-order valence-electron chi connectivity index (χ3n) is 1.13. The van der Waals surface area contributed by atoms with Crippen LogP contribution in [-0.2, 0) is 4.74 Å². The number of amides is 1. The van der Waals surface area contributed by atoms with Gasteiger partial charge >= 0.3 is 6.09 Å². The molecule has 0 aromatic carbocycles. The average molecular weight is 201 g/mol. The van der Waals surface area contributed by atoms with Gasteiger partial charge in [0.15, 0.2) is 5.96 Å². The van der Waals surface area contributed by atoms with E-state index in [-0.39, 0.29) is 5.96 Å². The predicted octanol–water partition coefficient (Wildman–Crippen LogP) is 1.24. The molecule has 0 rings (SSSR count). The molecule has 1 amide bonds. The van der Waals surface area contributed by atoms with Crippen molar-refractivity contribution in [3.05, 3.63) is 0 Å². The van der Waals surface area contributed by atoms with E-state index in [0.29, 0.717) is 6.54 Å². The summed E-state index contributed by atoms with van der Waals surface area (Å²) in [5.74, 6) is 0.0982. The number of alkyl carbamates (subject to hydrolysis) is 1. The van der Waals surface area contributed by atoms with Crippen molar-refractivity contribution < 1.29 is 9.53 Å². The average Bonchev–Trinajstić information content (AvgIpc) is 1.96. The van der Waals surface area contributed by atoms with Crippen molar-refractivity contribution in [2.45, 2.75) is 39.7 Å². The molecule has 0 saturated heterocycles. The Kier molecular flexibility index (Phi) is 4.97. The van der Waals surface area contributed by atoms with Crippen molar-refractivity contribution >= 4 is 12.1 Å². The molecule has 0 radical (unpaired) electrons. The molecule has 0 bridgehead atoms. The van der Waals surface area contributed by atoms with E-state index in [1.54, 1.807) is 20.8 Å². The summed E-state index contributed by atoms with van der Waals surface area (Å²) in [6.07, 6.45) is 0.311. The van der Waals surface area contributed by atoms with Crippen LogP contribution in [-0.4, -0.2) is 24.2 Å². The van der Waals surface area contributed by atoms with E-state index in [1.807, 2.05) is 6.92 Å². The number of carbonyl (C=O) groups is 1. The lowest BCUT2D eigenvalue weighted by molar-refractivity contribution is 0.0562. The maximum Gasteiger partial charge on any atom is 0.414 e. The van der Waals surface area contributed by atoms with Crippen LogP contribution >= 0.6 is 0 Å². The van der Waals surface area contributed by atoms with Crippen LogP contribution in [0.3, 0.4) is 0 Å². The third-order valence-corrected chi connectivity index (χ3v) is 1.13. The fourth-order valence-corrected chi connectivity index (χ4v) is 0.680. The molecule has 0 fully saturated rings. The zero-order chi connectivity index (χ0) is 11.2. The van der Waals surface area contributed by atoms with Crippen LogP contribution in [0.15, 0.2) is 4.99 Å². The first-order valence-corrected chi connectivity index (χ1v) is 4.65. The summed E-state index contributed by atoms with van der Waals surface area (Å²) < 4.78 is 4.98. The normalized spacial score (nSPS) is 12.4. The molecule has 5 nitrogen and oxygen atoms in total. The van der Waals surface area contributed by atoms with Crippen LogP contribution in [0.2, 0.25) is 0 Å². The quantitative estimate of drug-likeness (QED) is 0.521. The van der Waals surface area contributed by atoms with Gasteiger partial charge in [-0.2, -0.15) is 0 Å². The highest BCUT2D eigenvalue weighted by Gasteiger charge is 2.16. The molecule has 5 heteroatoms. The molecular formula is C9H19N3O2. The summed E-state index contributed by atoms with van der Waals surface area (Å²) in [5.41, 5.74) is 4.90. The van der Waals surface area contributed by atoms with Crippen molar-refractivity contribution in [2.75, 3.05) is 6.54 Å². The number of guanidine groups is 1. The Hall–Kier alpha value is -1.26. The number of nitrogens with one attached hydrogen (secondary N) is 1. The first-order valence-electron chi connectivity index (χ1n) is 4.65. The largest absolute Gasteiger partial charge is 0.444 e. The monoisotopic (exact) mass is 201 g/mol. The van der Waals surface area contributed by atoms with E-state index < -0.39 is 11.7 Å². The molecule has 0 unspecified atom stereocenters. The second kappa shape index (κ2) is 5.47. The molecule has 0 aliphatic heterocycles. The first-order chi connectivity index (χ1) is 6.35. The zero-order valence-corrected chi connectivity index (χ0v) is 9.26. The van der Waals surface area contributed by atoms with Crippen LogP contribution in [0.5, 0.6) is 0 Å². The molecule has 82 valence electrons. The Bertz CT molecular complexity index is 219. The van der Waals surface area contributed by atoms with E-state index in [9.17, 15) is 4.79 Å².